The molecule has 2 rings (SSSR count). The van der Waals surface area contributed by atoms with Crippen LogP contribution in [0.25, 0.3) is 0 Å². The molecule has 0 aromatic heterocycles. The minimum atomic E-state index is -1.74. The fourth-order valence-electron chi connectivity index (χ4n) is 7.51. The number of aliphatic hydroxyl groups is 10. The topological polar surface area (TPSA) is 320 Å². The van der Waals surface area contributed by atoms with Gasteiger partial charge in [0, 0.05) is 24.7 Å². The lowest BCUT2D eigenvalue weighted by molar-refractivity contribution is -0.302. The van der Waals surface area contributed by atoms with Crippen LogP contribution >= 0.6 is 0 Å². The van der Waals surface area contributed by atoms with Gasteiger partial charge in [-0.3, -0.25) is 9.59 Å². The van der Waals surface area contributed by atoms with Crippen molar-refractivity contribution < 1.29 is 84.7 Å². The van der Waals surface area contributed by atoms with Crippen molar-refractivity contribution >= 4 is 11.9 Å². The van der Waals surface area contributed by atoms with Gasteiger partial charge in [0.05, 0.1) is 80.1 Å². The van der Waals surface area contributed by atoms with Crippen LogP contribution < -0.4 is 5.73 Å². The highest BCUT2D eigenvalue weighted by molar-refractivity contribution is 5.71. The van der Waals surface area contributed by atoms with Crippen LogP contribution in [0.15, 0.2) is 85.1 Å². The molecule has 0 aromatic carbocycles. The maximum Gasteiger partial charge on any atom is 0.311 e. The van der Waals surface area contributed by atoms with Crippen molar-refractivity contribution in [2.45, 2.75) is 177 Å². The molecule has 13 N–H and O–H groups in total. The van der Waals surface area contributed by atoms with Crippen LogP contribution in [0.2, 0.25) is 0 Å². The molecule has 0 bridgehead atoms. The van der Waals surface area contributed by atoms with Crippen molar-refractivity contribution in [3.63, 3.8) is 0 Å². The molecule has 0 radical (unpaired) electrons. The number of carbonyl (C=O) groups excluding carboxylic acids is 1. The van der Waals surface area contributed by atoms with E-state index in [9.17, 15) is 60.7 Å². The number of hydrogen-bond acceptors (Lipinski definition) is 17. The van der Waals surface area contributed by atoms with Crippen LogP contribution in [0.1, 0.15) is 86.0 Å². The summed E-state index contributed by atoms with van der Waals surface area (Å²) in [5.74, 6) is -5.82. The van der Waals surface area contributed by atoms with E-state index in [4.69, 9.17) is 29.8 Å². The van der Waals surface area contributed by atoms with E-state index >= 15 is 0 Å². The van der Waals surface area contributed by atoms with Gasteiger partial charge in [-0.15, -0.1) is 0 Å². The molecule has 2 fully saturated rings. The van der Waals surface area contributed by atoms with Crippen molar-refractivity contribution in [3.05, 3.63) is 85.1 Å². The van der Waals surface area contributed by atoms with Gasteiger partial charge in [0.15, 0.2) is 12.1 Å². The standard InChI is InChI=1S/C48H77NO17/c1-6-48(62)27-38(55)41(46(60)61)39(66-48)26-37(65-47-45(59)42(49)44(58)32(5)64-47)20-18-16-14-12-10-8-7-9-11-13-15-17-19-29(2)43(57)30(3)31(4)63-40(56)25-36(54)24-35(53)23-33(51)21-22-34(52)28-50/h7-20,29-39,41-45,47,50-55,57-59,62H,6,21-28,49H2,1-5H3,(H,60,61)/b8-7+,11-9+,12-10+,15-13+,16-14+,19-17+,20-18+/t29-,30-,31-,32?,33+,34+,35+,36+,37-,38-,39?,41+,42?,43+,44?,45+,47?,48+/m0/s1. The Kier molecular flexibility index (Phi) is 26.8. The first kappa shape index (κ1) is 58.7. The average Bonchev–Trinajstić information content (AvgIpc) is 3.25. The number of carboxylic acids is 1. The van der Waals surface area contributed by atoms with E-state index in [1.165, 1.54) is 0 Å². The summed E-state index contributed by atoms with van der Waals surface area (Å²) in [5, 5.41) is 112. The fourth-order valence-corrected chi connectivity index (χ4v) is 7.51. The minimum absolute atomic E-state index is 0.0605. The second kappa shape index (κ2) is 30.1. The first-order valence-electron chi connectivity index (χ1n) is 22.7. The molecule has 376 valence electrons. The molecule has 0 saturated carbocycles. The molecular weight excluding hydrogens is 863 g/mol. The number of aliphatic hydroxyl groups excluding tert-OH is 9. The van der Waals surface area contributed by atoms with E-state index in [2.05, 4.69) is 0 Å². The van der Waals surface area contributed by atoms with Gasteiger partial charge in [0.25, 0.3) is 0 Å². The Morgan fingerprint density at radius 1 is 0.788 bits per heavy atom. The molecule has 2 aliphatic heterocycles. The fraction of sp³-hybridized carbons (Fsp3) is 0.667. The summed E-state index contributed by atoms with van der Waals surface area (Å²) < 4.78 is 22.9. The van der Waals surface area contributed by atoms with Gasteiger partial charge in [-0.2, -0.15) is 0 Å². The van der Waals surface area contributed by atoms with E-state index in [-0.39, 0.29) is 57.3 Å². The summed E-state index contributed by atoms with van der Waals surface area (Å²) in [6.07, 6.45) is 10.3. The Balaban J connectivity index is 1.87. The Labute approximate surface area is 388 Å². The van der Waals surface area contributed by atoms with Gasteiger partial charge < -0.3 is 80.9 Å². The summed E-state index contributed by atoms with van der Waals surface area (Å²) in [4.78, 5) is 24.6. The number of allylic oxidation sites excluding steroid dienone is 12. The van der Waals surface area contributed by atoms with Gasteiger partial charge in [0.1, 0.15) is 18.1 Å². The van der Waals surface area contributed by atoms with Crippen LogP contribution in [0.3, 0.4) is 0 Å². The first-order valence-corrected chi connectivity index (χ1v) is 22.7. The molecule has 66 heavy (non-hydrogen) atoms. The second-order valence-corrected chi connectivity index (χ2v) is 17.4. The number of aliphatic carboxylic acids is 1. The lowest BCUT2D eigenvalue weighted by Gasteiger charge is -2.44. The first-order chi connectivity index (χ1) is 31.1. The molecule has 18 nitrogen and oxygen atoms in total. The zero-order valence-corrected chi connectivity index (χ0v) is 38.7. The second-order valence-electron chi connectivity index (χ2n) is 17.4. The van der Waals surface area contributed by atoms with E-state index in [0.717, 1.165) is 0 Å². The van der Waals surface area contributed by atoms with E-state index in [1.807, 2.05) is 31.2 Å². The number of carbonyl (C=O) groups is 2. The maximum atomic E-state index is 12.5. The molecule has 2 aliphatic rings. The van der Waals surface area contributed by atoms with E-state index < -0.39 is 122 Å². The third-order valence-corrected chi connectivity index (χ3v) is 11.9. The van der Waals surface area contributed by atoms with Crippen LogP contribution in [-0.2, 0) is 28.5 Å². The smallest absolute Gasteiger partial charge is 0.311 e. The minimum Gasteiger partial charge on any atom is -0.481 e. The van der Waals surface area contributed by atoms with Crippen LogP contribution in [-0.4, -0.2) is 166 Å². The third-order valence-electron chi connectivity index (χ3n) is 11.9. The Bertz CT molecular complexity index is 1630. The zero-order chi connectivity index (χ0) is 49.6. The zero-order valence-electron chi connectivity index (χ0n) is 38.7. The molecule has 0 spiro atoms. The number of esters is 1. The van der Waals surface area contributed by atoms with Crippen molar-refractivity contribution in [1.82, 2.24) is 0 Å². The van der Waals surface area contributed by atoms with Gasteiger partial charge in [-0.1, -0.05) is 106 Å². The van der Waals surface area contributed by atoms with Crippen LogP contribution in [0.4, 0.5) is 0 Å². The van der Waals surface area contributed by atoms with Gasteiger partial charge in [-0.05, 0) is 46.0 Å². The monoisotopic (exact) mass is 940 g/mol. The predicted octanol–water partition coefficient (Wildman–Crippen LogP) is 1.35. The number of rotatable bonds is 28. The summed E-state index contributed by atoms with van der Waals surface area (Å²) in [5.41, 5.74) is 5.98. The van der Waals surface area contributed by atoms with Gasteiger partial charge in [0.2, 0.25) is 0 Å². The lowest BCUT2D eigenvalue weighted by atomic mass is 9.84. The highest BCUT2D eigenvalue weighted by Gasteiger charge is 2.49. The van der Waals surface area contributed by atoms with Gasteiger partial charge >= 0.3 is 11.9 Å². The predicted molar refractivity (Wildman–Crippen MR) is 244 cm³/mol. The van der Waals surface area contributed by atoms with Crippen LogP contribution in [0, 0.1) is 17.8 Å². The number of ether oxygens (including phenoxy) is 4. The quantitative estimate of drug-likeness (QED) is 0.0389. The maximum absolute atomic E-state index is 12.5. The molecule has 2 heterocycles. The average molecular weight is 940 g/mol. The normalized spacial score (nSPS) is 31.0. The van der Waals surface area contributed by atoms with Crippen molar-refractivity contribution in [2.24, 2.45) is 23.5 Å². The highest BCUT2D eigenvalue weighted by atomic mass is 16.7. The molecule has 0 amide bonds. The van der Waals surface area contributed by atoms with Gasteiger partial charge in [-0.25, -0.2) is 0 Å². The molecule has 5 unspecified atom stereocenters. The molecular formula is C48H77NO17. The third kappa shape index (κ3) is 20.8. The Morgan fingerprint density at radius 2 is 1.32 bits per heavy atom. The highest BCUT2D eigenvalue weighted by Crippen LogP contribution is 2.37. The van der Waals surface area contributed by atoms with Crippen LogP contribution in [0.5, 0.6) is 0 Å². The Morgan fingerprint density at radius 3 is 1.86 bits per heavy atom. The molecule has 18 atom stereocenters. The molecule has 0 aliphatic carbocycles. The van der Waals surface area contributed by atoms with E-state index in [0.29, 0.717) is 0 Å². The van der Waals surface area contributed by atoms with E-state index in [1.54, 1.807) is 88.5 Å². The molecule has 18 heteroatoms. The largest absolute Gasteiger partial charge is 0.481 e. The van der Waals surface area contributed by atoms with Crippen molar-refractivity contribution in [3.8, 4) is 0 Å². The number of carboxylic acid groups (broad SMARTS) is 1. The Hall–Kier alpha value is -3.44. The number of nitrogens with two attached hydrogens (primary N) is 1. The lowest BCUT2D eigenvalue weighted by Crippen LogP contribution is -2.61. The summed E-state index contributed by atoms with van der Waals surface area (Å²) >= 11 is 0. The van der Waals surface area contributed by atoms with Crippen molar-refractivity contribution in [2.75, 3.05) is 6.61 Å². The molecule has 0 aromatic rings. The SMILES string of the molecule is CC[C@]1(O)C[C@H](O)[C@@H](C(=O)O)C(C[C@H](/C=C/C=C/C=C/C=C/C=C/C=C/C=C/[C@H](C)[C@@H](O)[C@@H](C)[C@H](C)OC(=O)C[C@H](O)C[C@H](O)C[C@H](O)CC[C@@H](O)CO)OC2OC(C)C(O)C(N)[C@H]2O)O1. The summed E-state index contributed by atoms with van der Waals surface area (Å²) in [6.45, 7) is 8.02. The number of hydrogen-bond donors (Lipinski definition) is 12. The molecule has 2 saturated heterocycles. The van der Waals surface area contributed by atoms with Crippen molar-refractivity contribution in [1.29, 1.82) is 0 Å². The summed E-state index contributed by atoms with van der Waals surface area (Å²) in [6, 6.07) is -1.07. The summed E-state index contributed by atoms with van der Waals surface area (Å²) in [7, 11) is 0.